The van der Waals surface area contributed by atoms with Gasteiger partial charge in [-0.05, 0) is 43.9 Å². The van der Waals surface area contributed by atoms with E-state index in [-0.39, 0.29) is 17.9 Å². The van der Waals surface area contributed by atoms with E-state index in [4.69, 9.17) is 11.6 Å². The molecule has 104 valence electrons. The first-order valence-electron chi connectivity index (χ1n) is 7.12. The Labute approximate surface area is 120 Å². The summed E-state index contributed by atoms with van der Waals surface area (Å²) in [6.45, 7) is 6.20. The van der Waals surface area contributed by atoms with Crippen LogP contribution in [-0.4, -0.2) is 16.8 Å². The third-order valence-corrected chi connectivity index (χ3v) is 4.25. The van der Waals surface area contributed by atoms with Gasteiger partial charge in [0.25, 0.3) is 0 Å². The van der Waals surface area contributed by atoms with Crippen LogP contribution in [-0.2, 0) is 4.79 Å². The fourth-order valence-corrected chi connectivity index (χ4v) is 2.50. The standard InChI is InChI=1S/C16H22ClNO/c1-4-11(2)16(19)18(15-9-10-15)12(3)13-5-7-14(17)8-6-13/h5-8,11-12,15H,4,9-10H2,1-3H3. The monoisotopic (exact) mass is 279 g/mol. The van der Waals surface area contributed by atoms with Crippen molar-refractivity contribution in [1.82, 2.24) is 4.90 Å². The summed E-state index contributed by atoms with van der Waals surface area (Å²) in [4.78, 5) is 14.6. The first-order chi connectivity index (χ1) is 9.04. The van der Waals surface area contributed by atoms with Gasteiger partial charge < -0.3 is 4.90 Å². The normalized spacial score (nSPS) is 17.9. The van der Waals surface area contributed by atoms with Gasteiger partial charge in [-0.1, -0.05) is 37.6 Å². The van der Waals surface area contributed by atoms with Crippen molar-refractivity contribution in [3.63, 3.8) is 0 Å². The Balaban J connectivity index is 2.19. The van der Waals surface area contributed by atoms with E-state index in [0.717, 1.165) is 29.8 Å². The Hall–Kier alpha value is -1.02. The number of carbonyl (C=O) groups is 1. The lowest BCUT2D eigenvalue weighted by atomic mass is 10.0. The molecule has 0 spiro atoms. The smallest absolute Gasteiger partial charge is 0.226 e. The molecule has 1 aliphatic carbocycles. The van der Waals surface area contributed by atoms with E-state index in [1.165, 1.54) is 0 Å². The zero-order chi connectivity index (χ0) is 14.0. The number of hydrogen-bond donors (Lipinski definition) is 0. The molecule has 3 heteroatoms. The maximum Gasteiger partial charge on any atom is 0.226 e. The average molecular weight is 280 g/mol. The highest BCUT2D eigenvalue weighted by Gasteiger charge is 2.37. The van der Waals surface area contributed by atoms with Crippen LogP contribution in [0.25, 0.3) is 0 Å². The number of halogens is 1. The zero-order valence-electron chi connectivity index (χ0n) is 11.9. The molecular formula is C16H22ClNO. The van der Waals surface area contributed by atoms with Crippen molar-refractivity contribution in [2.75, 3.05) is 0 Å². The van der Waals surface area contributed by atoms with Crippen LogP contribution in [0.3, 0.4) is 0 Å². The van der Waals surface area contributed by atoms with Crippen molar-refractivity contribution in [2.45, 2.75) is 52.1 Å². The minimum absolute atomic E-state index is 0.107. The summed E-state index contributed by atoms with van der Waals surface area (Å²) in [5, 5.41) is 0.738. The van der Waals surface area contributed by atoms with Crippen molar-refractivity contribution in [2.24, 2.45) is 5.92 Å². The second-order valence-corrected chi connectivity index (χ2v) is 5.95. The van der Waals surface area contributed by atoms with E-state index in [9.17, 15) is 4.79 Å². The van der Waals surface area contributed by atoms with Crippen molar-refractivity contribution in [3.05, 3.63) is 34.9 Å². The predicted octanol–water partition coefficient (Wildman–Crippen LogP) is 4.44. The van der Waals surface area contributed by atoms with Gasteiger partial charge in [0.1, 0.15) is 0 Å². The van der Waals surface area contributed by atoms with Crippen molar-refractivity contribution >= 4 is 17.5 Å². The van der Waals surface area contributed by atoms with Crippen LogP contribution in [0, 0.1) is 5.92 Å². The van der Waals surface area contributed by atoms with Crippen LogP contribution < -0.4 is 0 Å². The highest BCUT2D eigenvalue weighted by atomic mass is 35.5. The maximum atomic E-state index is 12.5. The number of hydrogen-bond acceptors (Lipinski definition) is 1. The molecule has 19 heavy (non-hydrogen) atoms. The van der Waals surface area contributed by atoms with E-state index in [2.05, 4.69) is 18.7 Å². The van der Waals surface area contributed by atoms with Gasteiger partial charge in [0.05, 0.1) is 6.04 Å². The Morgan fingerprint density at radius 1 is 1.32 bits per heavy atom. The number of rotatable bonds is 5. The van der Waals surface area contributed by atoms with Crippen molar-refractivity contribution in [3.8, 4) is 0 Å². The second kappa shape index (κ2) is 5.96. The number of benzene rings is 1. The van der Waals surface area contributed by atoms with Gasteiger partial charge in [-0.25, -0.2) is 0 Å². The zero-order valence-corrected chi connectivity index (χ0v) is 12.7. The number of carbonyl (C=O) groups excluding carboxylic acids is 1. The SMILES string of the molecule is CCC(C)C(=O)N(C1CC1)C(C)c1ccc(Cl)cc1. The molecule has 1 amide bonds. The molecule has 0 heterocycles. The lowest BCUT2D eigenvalue weighted by Crippen LogP contribution is -2.38. The number of amides is 1. The molecule has 2 nitrogen and oxygen atoms in total. The third kappa shape index (κ3) is 3.30. The summed E-state index contributed by atoms with van der Waals surface area (Å²) in [5.41, 5.74) is 1.16. The molecule has 1 aromatic rings. The number of nitrogens with zero attached hydrogens (tertiary/aromatic N) is 1. The van der Waals surface area contributed by atoms with Crippen molar-refractivity contribution in [1.29, 1.82) is 0 Å². The molecular weight excluding hydrogens is 258 g/mol. The average Bonchev–Trinajstić information content (AvgIpc) is 3.23. The molecule has 0 aromatic heterocycles. The summed E-state index contributed by atoms with van der Waals surface area (Å²) < 4.78 is 0. The molecule has 1 aromatic carbocycles. The molecule has 2 unspecified atom stereocenters. The Morgan fingerprint density at radius 3 is 2.37 bits per heavy atom. The molecule has 0 N–H and O–H groups in total. The van der Waals surface area contributed by atoms with E-state index >= 15 is 0 Å². The third-order valence-electron chi connectivity index (χ3n) is 4.00. The Morgan fingerprint density at radius 2 is 1.89 bits per heavy atom. The minimum atomic E-state index is 0.107. The quantitative estimate of drug-likeness (QED) is 0.780. The first-order valence-corrected chi connectivity index (χ1v) is 7.50. The van der Waals surface area contributed by atoms with Crippen LogP contribution in [0.5, 0.6) is 0 Å². The minimum Gasteiger partial charge on any atom is -0.333 e. The summed E-state index contributed by atoms with van der Waals surface area (Å²) in [6.07, 6.45) is 3.18. The molecule has 2 atom stereocenters. The summed E-state index contributed by atoms with van der Waals surface area (Å²) >= 11 is 5.93. The predicted molar refractivity (Wildman–Crippen MR) is 79.2 cm³/mol. The van der Waals surface area contributed by atoms with Gasteiger partial charge in [-0.3, -0.25) is 4.79 Å². The van der Waals surface area contributed by atoms with E-state index < -0.39 is 0 Å². The topological polar surface area (TPSA) is 20.3 Å². The fourth-order valence-electron chi connectivity index (χ4n) is 2.37. The van der Waals surface area contributed by atoms with Crippen LogP contribution in [0.4, 0.5) is 0 Å². The summed E-state index contributed by atoms with van der Waals surface area (Å²) in [5.74, 6) is 0.391. The van der Waals surface area contributed by atoms with E-state index in [1.54, 1.807) is 0 Å². The van der Waals surface area contributed by atoms with Gasteiger partial charge in [-0.15, -0.1) is 0 Å². The largest absolute Gasteiger partial charge is 0.333 e. The molecule has 0 radical (unpaired) electrons. The first kappa shape index (κ1) is 14.4. The molecule has 1 saturated carbocycles. The Bertz CT molecular complexity index is 439. The molecule has 2 rings (SSSR count). The van der Waals surface area contributed by atoms with Gasteiger partial charge in [0.2, 0.25) is 5.91 Å². The Kier molecular flexibility index (Phi) is 4.51. The maximum absolute atomic E-state index is 12.5. The van der Waals surface area contributed by atoms with E-state index in [1.807, 2.05) is 31.2 Å². The molecule has 0 aliphatic heterocycles. The molecule has 1 fully saturated rings. The second-order valence-electron chi connectivity index (χ2n) is 5.51. The summed E-state index contributed by atoms with van der Waals surface area (Å²) in [7, 11) is 0. The van der Waals surface area contributed by atoms with Gasteiger partial charge in [-0.2, -0.15) is 0 Å². The van der Waals surface area contributed by atoms with E-state index in [0.29, 0.717) is 6.04 Å². The van der Waals surface area contributed by atoms with Crippen molar-refractivity contribution < 1.29 is 4.79 Å². The molecule has 1 aliphatic rings. The lowest BCUT2D eigenvalue weighted by Gasteiger charge is -2.32. The van der Waals surface area contributed by atoms with Crippen LogP contribution in [0.2, 0.25) is 5.02 Å². The molecule has 0 bridgehead atoms. The van der Waals surface area contributed by atoms with Crippen LogP contribution in [0.15, 0.2) is 24.3 Å². The summed E-state index contributed by atoms with van der Waals surface area (Å²) in [6, 6.07) is 8.40. The van der Waals surface area contributed by atoms with Gasteiger partial charge in [0.15, 0.2) is 0 Å². The fraction of sp³-hybridized carbons (Fsp3) is 0.562. The molecule has 0 saturated heterocycles. The highest BCUT2D eigenvalue weighted by molar-refractivity contribution is 6.30. The van der Waals surface area contributed by atoms with Crippen LogP contribution >= 0.6 is 11.6 Å². The lowest BCUT2D eigenvalue weighted by molar-refractivity contribution is -0.138. The van der Waals surface area contributed by atoms with Gasteiger partial charge in [0, 0.05) is 17.0 Å². The van der Waals surface area contributed by atoms with Crippen LogP contribution in [0.1, 0.15) is 51.6 Å². The highest BCUT2D eigenvalue weighted by Crippen LogP contribution is 2.36. The van der Waals surface area contributed by atoms with Gasteiger partial charge >= 0.3 is 0 Å².